The van der Waals surface area contributed by atoms with E-state index in [1.165, 1.54) is 0 Å². The number of H-pyrrole nitrogens is 1. The zero-order chi connectivity index (χ0) is 28.7. The lowest BCUT2D eigenvalue weighted by Gasteiger charge is -2.51. The van der Waals surface area contributed by atoms with Gasteiger partial charge in [-0.25, -0.2) is 4.98 Å². The number of piperidine rings is 1. The summed E-state index contributed by atoms with van der Waals surface area (Å²) in [6.45, 7) is 5.90. The number of nitrogens with one attached hydrogen (secondary N) is 1. The largest absolute Gasteiger partial charge is 0.348 e. The van der Waals surface area contributed by atoms with Gasteiger partial charge < -0.3 is 15.6 Å². The molecule has 1 atom stereocenters. The molecule has 3 aromatic carbocycles. The summed E-state index contributed by atoms with van der Waals surface area (Å²) in [5.41, 5.74) is 11.0. The number of benzene rings is 3. The van der Waals surface area contributed by atoms with Crippen molar-refractivity contribution in [2.24, 2.45) is 11.7 Å². The highest BCUT2D eigenvalue weighted by atomic mass is 35.5. The molecule has 4 aromatic rings. The van der Waals surface area contributed by atoms with Gasteiger partial charge in [0.2, 0.25) is 5.91 Å². The van der Waals surface area contributed by atoms with Crippen molar-refractivity contribution >= 4 is 18.3 Å². The Balaban J connectivity index is 0.00000405. The molecule has 1 saturated heterocycles. The lowest BCUT2D eigenvalue weighted by molar-refractivity contribution is -0.140. The van der Waals surface area contributed by atoms with E-state index in [-0.39, 0.29) is 18.3 Å². The summed E-state index contributed by atoms with van der Waals surface area (Å²) in [5, 5.41) is 0. The smallest absolute Gasteiger partial charge is 0.244 e. The number of hydrogen-bond donors (Lipinski definition) is 2. The van der Waals surface area contributed by atoms with Gasteiger partial charge in [0, 0.05) is 18.8 Å². The Bertz CT molecular complexity index is 1290. The van der Waals surface area contributed by atoms with Gasteiger partial charge in [-0.1, -0.05) is 111 Å². The van der Waals surface area contributed by atoms with Crippen molar-refractivity contribution < 1.29 is 4.79 Å². The molecule has 1 unspecified atom stereocenters. The number of halogens is 1. The zero-order valence-corrected chi connectivity index (χ0v) is 25.8. The van der Waals surface area contributed by atoms with Gasteiger partial charge in [0.25, 0.3) is 0 Å². The van der Waals surface area contributed by atoms with Crippen LogP contribution >= 0.6 is 12.4 Å². The number of aryl methyl sites for hydroxylation is 2. The van der Waals surface area contributed by atoms with Crippen molar-refractivity contribution in [2.75, 3.05) is 13.1 Å². The Morgan fingerprint density at radius 2 is 1.38 bits per heavy atom. The molecule has 1 fully saturated rings. The molecule has 1 aliphatic rings. The third-order valence-electron chi connectivity index (χ3n) is 9.30. The number of nitrogens with zero attached hydrogens (tertiary/aromatic N) is 2. The first-order valence-electron chi connectivity index (χ1n) is 15.3. The highest BCUT2D eigenvalue weighted by Gasteiger charge is 2.57. The molecule has 2 heterocycles. The van der Waals surface area contributed by atoms with Crippen molar-refractivity contribution in [3.63, 3.8) is 0 Å². The quantitative estimate of drug-likeness (QED) is 0.185. The van der Waals surface area contributed by atoms with E-state index in [1.807, 2.05) is 18.2 Å². The van der Waals surface area contributed by atoms with Crippen LogP contribution in [0.1, 0.15) is 74.0 Å². The molecule has 0 radical (unpaired) electrons. The number of rotatable bonds is 11. The van der Waals surface area contributed by atoms with Crippen LogP contribution in [0.2, 0.25) is 0 Å². The van der Waals surface area contributed by atoms with Crippen LogP contribution in [0.4, 0.5) is 0 Å². The molecule has 0 bridgehead atoms. The van der Waals surface area contributed by atoms with Crippen molar-refractivity contribution in [1.29, 1.82) is 0 Å². The molecule has 1 aromatic heterocycles. The monoisotopic (exact) mass is 584 g/mol. The summed E-state index contributed by atoms with van der Waals surface area (Å²) in [7, 11) is 0. The molecular weight excluding hydrogens is 540 g/mol. The highest BCUT2D eigenvalue weighted by Crippen LogP contribution is 2.49. The Kier molecular flexibility index (Phi) is 10.6. The summed E-state index contributed by atoms with van der Waals surface area (Å²) in [5.74, 6) is 0.710. The van der Waals surface area contributed by atoms with E-state index in [4.69, 9.17) is 5.73 Å². The fourth-order valence-corrected chi connectivity index (χ4v) is 7.02. The van der Waals surface area contributed by atoms with Gasteiger partial charge in [-0.3, -0.25) is 4.79 Å². The molecule has 3 N–H and O–H groups in total. The summed E-state index contributed by atoms with van der Waals surface area (Å²) in [4.78, 5) is 25.0. The number of imidazole rings is 1. The summed E-state index contributed by atoms with van der Waals surface area (Å²) >= 11 is 0. The van der Waals surface area contributed by atoms with Gasteiger partial charge in [-0.2, -0.15) is 0 Å². The van der Waals surface area contributed by atoms with Crippen LogP contribution in [-0.2, 0) is 23.1 Å². The third kappa shape index (κ3) is 5.91. The minimum Gasteiger partial charge on any atom is -0.348 e. The molecule has 222 valence electrons. The lowest BCUT2D eigenvalue weighted by Crippen LogP contribution is -2.68. The number of hydrogen-bond acceptors (Lipinski definition) is 3. The van der Waals surface area contributed by atoms with E-state index in [1.54, 1.807) is 6.33 Å². The Hall–Kier alpha value is -3.41. The maximum absolute atomic E-state index is 15.1. The summed E-state index contributed by atoms with van der Waals surface area (Å²) in [6, 6.07) is 31.3. The lowest BCUT2D eigenvalue weighted by atomic mass is 9.56. The van der Waals surface area contributed by atoms with E-state index < -0.39 is 11.0 Å². The van der Waals surface area contributed by atoms with E-state index >= 15 is 4.79 Å². The molecule has 0 spiro atoms. The van der Waals surface area contributed by atoms with Gasteiger partial charge >= 0.3 is 0 Å². The number of carbonyl (C=O) groups is 1. The predicted octanol–water partition coefficient (Wildman–Crippen LogP) is 7.10. The summed E-state index contributed by atoms with van der Waals surface area (Å²) < 4.78 is 0. The van der Waals surface area contributed by atoms with E-state index in [9.17, 15) is 0 Å². The highest BCUT2D eigenvalue weighted by molar-refractivity contribution is 5.91. The van der Waals surface area contributed by atoms with Gasteiger partial charge in [0.1, 0.15) is 5.54 Å². The molecule has 6 heteroatoms. The van der Waals surface area contributed by atoms with E-state index in [0.717, 1.165) is 79.7 Å². The minimum atomic E-state index is -1.24. The van der Waals surface area contributed by atoms with Gasteiger partial charge in [-0.05, 0) is 61.1 Å². The van der Waals surface area contributed by atoms with Crippen LogP contribution in [0, 0.1) is 5.92 Å². The number of aromatic nitrogens is 2. The maximum Gasteiger partial charge on any atom is 0.244 e. The Morgan fingerprint density at radius 3 is 1.83 bits per heavy atom. The third-order valence-corrected chi connectivity index (χ3v) is 9.30. The molecule has 1 aliphatic heterocycles. The predicted molar refractivity (Wildman–Crippen MR) is 174 cm³/mol. The van der Waals surface area contributed by atoms with Gasteiger partial charge in [0.15, 0.2) is 0 Å². The fraction of sp³-hybridized carbons (Fsp3) is 0.389. The first-order chi connectivity index (χ1) is 20.0. The van der Waals surface area contributed by atoms with Crippen LogP contribution in [0.5, 0.6) is 0 Å². The molecule has 42 heavy (non-hydrogen) atoms. The molecule has 5 nitrogen and oxygen atoms in total. The molecular formula is C36H45ClN4O. The Labute approximate surface area is 257 Å². The van der Waals surface area contributed by atoms with E-state index in [2.05, 4.69) is 102 Å². The first kappa shape index (κ1) is 31.5. The number of carbonyl (C=O) groups excluding carboxylic acids is 1. The zero-order valence-electron chi connectivity index (χ0n) is 25.0. The number of amides is 1. The number of aromatic amines is 1. The normalized spacial score (nSPS) is 15.5. The summed E-state index contributed by atoms with van der Waals surface area (Å²) in [6.07, 6.45) is 7.92. The Morgan fingerprint density at radius 1 is 0.881 bits per heavy atom. The average Bonchev–Trinajstić information content (AvgIpc) is 3.50. The van der Waals surface area contributed by atoms with Gasteiger partial charge in [-0.15, -0.1) is 12.4 Å². The van der Waals surface area contributed by atoms with E-state index in [0.29, 0.717) is 12.3 Å². The maximum atomic E-state index is 15.1. The SMILES string of the molecule is CCc1[nH]cnc1CCCC(N)(C(=O)N1CCC(CC)CC1)C(c1ccccc1)(c1ccccc1)c1ccccc1.Cl. The number of likely N-dealkylation sites (tertiary alicyclic amines) is 1. The van der Waals surface area contributed by atoms with Crippen molar-refractivity contribution in [3.8, 4) is 0 Å². The van der Waals surface area contributed by atoms with Crippen molar-refractivity contribution in [2.45, 2.75) is 69.7 Å². The van der Waals surface area contributed by atoms with Crippen molar-refractivity contribution in [3.05, 3.63) is 125 Å². The van der Waals surface area contributed by atoms with Crippen LogP contribution in [0.3, 0.4) is 0 Å². The standard InChI is InChI=1S/C36H44N4O.ClH/c1-3-28-22-25-40(26-23-28)34(41)35(37,24-14-21-33-32(4-2)38-27-39-33)36(29-15-8-5-9-16-29,30-17-10-6-11-18-30)31-19-12-7-13-20-31;/h5-13,15-20,27-28H,3-4,14,21-26,37H2,1-2H3,(H,38,39);1H. The van der Waals surface area contributed by atoms with Crippen LogP contribution in [0.25, 0.3) is 0 Å². The molecule has 5 rings (SSSR count). The average molecular weight is 585 g/mol. The second-order valence-corrected chi connectivity index (χ2v) is 11.5. The number of nitrogens with two attached hydrogens (primary N) is 1. The van der Waals surface area contributed by atoms with Crippen LogP contribution in [-0.4, -0.2) is 39.4 Å². The van der Waals surface area contributed by atoms with Crippen LogP contribution in [0.15, 0.2) is 97.3 Å². The molecule has 0 saturated carbocycles. The molecule has 0 aliphatic carbocycles. The van der Waals surface area contributed by atoms with Crippen LogP contribution < -0.4 is 5.73 Å². The fourth-order valence-electron chi connectivity index (χ4n) is 7.02. The van der Waals surface area contributed by atoms with Crippen molar-refractivity contribution in [1.82, 2.24) is 14.9 Å². The minimum absolute atomic E-state index is 0. The second kappa shape index (κ2) is 14.2. The topological polar surface area (TPSA) is 75.0 Å². The second-order valence-electron chi connectivity index (χ2n) is 11.5. The van der Waals surface area contributed by atoms with Gasteiger partial charge in [0.05, 0.1) is 17.4 Å². The molecule has 1 amide bonds. The first-order valence-corrected chi connectivity index (χ1v) is 15.3.